The maximum absolute atomic E-state index is 8.30. The van der Waals surface area contributed by atoms with Gasteiger partial charge in [-0.3, -0.25) is 0 Å². The lowest BCUT2D eigenvalue weighted by Crippen LogP contribution is -1.71. The highest BCUT2D eigenvalue weighted by Gasteiger charge is 2.04. The van der Waals surface area contributed by atoms with Crippen molar-refractivity contribution in [2.45, 2.75) is 0 Å². The molecule has 0 saturated carbocycles. The molecule has 0 atom stereocenters. The van der Waals surface area contributed by atoms with E-state index in [1.54, 1.807) is 0 Å². The zero-order valence-corrected chi connectivity index (χ0v) is 5.84. The van der Waals surface area contributed by atoms with E-state index in [4.69, 9.17) is 14.9 Å². The monoisotopic (exact) mass is 160 g/mol. The van der Waals surface area contributed by atoms with Gasteiger partial charge in [-0.1, -0.05) is 0 Å². The number of rotatable bonds is 2. The maximum Gasteiger partial charge on any atom is 0.244 e. The summed E-state index contributed by atoms with van der Waals surface area (Å²) in [6.45, 7) is 0. The fourth-order valence-corrected chi connectivity index (χ4v) is 1.10. The molecule has 0 amide bonds. The summed E-state index contributed by atoms with van der Waals surface area (Å²) in [7, 11) is 0. The Morgan fingerprint density at radius 1 is 1.57 bits per heavy atom. The molecule has 0 radical (unpaired) electrons. The van der Waals surface area contributed by atoms with Gasteiger partial charge in [0.2, 0.25) is 5.69 Å². The van der Waals surface area contributed by atoms with E-state index in [2.05, 4.69) is 11.8 Å². The Morgan fingerprint density at radius 3 is 2.00 bits per heavy atom. The third-order valence-electron chi connectivity index (χ3n) is 0.226. The zero-order chi connectivity index (χ0) is 5.91. The van der Waals surface area contributed by atoms with Crippen LogP contribution in [0.5, 0.6) is 0 Å². The highest BCUT2D eigenvalue weighted by molar-refractivity contribution is 8.67. The van der Waals surface area contributed by atoms with Crippen molar-refractivity contribution in [3.8, 4) is 0 Å². The molecular formula is CH5O3PS2. The van der Waals surface area contributed by atoms with Crippen LogP contribution in [-0.2, 0) is 11.8 Å². The van der Waals surface area contributed by atoms with Crippen LogP contribution in [-0.4, -0.2) is 20.8 Å². The summed E-state index contributed by atoms with van der Waals surface area (Å²) in [6.07, 6.45) is 0. The largest absolute Gasteiger partial charge is 0.385 e. The minimum atomic E-state index is -3.17. The maximum atomic E-state index is 8.30. The molecule has 0 saturated heterocycles. The third-order valence-corrected chi connectivity index (χ3v) is 2.98. The second-order valence-corrected chi connectivity index (χ2v) is 6.77. The summed E-state index contributed by atoms with van der Waals surface area (Å²) < 4.78 is 0. The highest BCUT2D eigenvalue weighted by Crippen LogP contribution is 2.49. The Labute approximate surface area is 50.3 Å². The van der Waals surface area contributed by atoms with Crippen molar-refractivity contribution < 1.29 is 14.9 Å². The number of aliphatic hydroxyl groups is 1. The van der Waals surface area contributed by atoms with Crippen molar-refractivity contribution in [2.75, 3.05) is 5.94 Å². The van der Waals surface area contributed by atoms with Crippen LogP contribution < -0.4 is 0 Å². The van der Waals surface area contributed by atoms with E-state index in [9.17, 15) is 0 Å². The van der Waals surface area contributed by atoms with Crippen LogP contribution >= 0.6 is 17.1 Å². The van der Waals surface area contributed by atoms with E-state index in [1.807, 2.05) is 0 Å². The Morgan fingerprint density at radius 2 is 2.00 bits per heavy atom. The molecule has 0 fully saturated rings. The average molecular weight is 160 g/mol. The first kappa shape index (κ1) is 7.88. The van der Waals surface area contributed by atoms with Gasteiger partial charge in [-0.15, -0.1) is 0 Å². The van der Waals surface area contributed by atoms with Crippen LogP contribution in [0.1, 0.15) is 0 Å². The van der Waals surface area contributed by atoms with Crippen molar-refractivity contribution in [1.82, 2.24) is 0 Å². The quantitative estimate of drug-likeness (QED) is 0.388. The summed E-state index contributed by atoms with van der Waals surface area (Å²) >= 11 is 4.69. The van der Waals surface area contributed by atoms with Gasteiger partial charge in [-0.05, 0) is 23.2 Å². The van der Waals surface area contributed by atoms with Gasteiger partial charge in [0.05, 0.1) is 5.94 Å². The normalized spacial score (nSPS) is 11.9. The molecule has 0 rings (SSSR count). The van der Waals surface area contributed by atoms with Gasteiger partial charge in [0, 0.05) is 0 Å². The lowest BCUT2D eigenvalue weighted by molar-refractivity contribution is 0.375. The van der Waals surface area contributed by atoms with Crippen LogP contribution in [0.4, 0.5) is 0 Å². The minimum absolute atomic E-state index is 0.329. The molecule has 3 N–H and O–H groups in total. The van der Waals surface area contributed by atoms with Gasteiger partial charge in [-0.2, -0.15) is 0 Å². The SMILES string of the molecule is OCSP(O)(O)=S. The number of hydrogen-bond donors (Lipinski definition) is 3. The van der Waals surface area contributed by atoms with Crippen molar-refractivity contribution in [3.63, 3.8) is 0 Å². The molecule has 0 aliphatic heterocycles. The molecule has 0 spiro atoms. The minimum Gasteiger partial charge on any atom is -0.385 e. The first-order valence-electron chi connectivity index (χ1n) is 1.37. The van der Waals surface area contributed by atoms with Crippen LogP contribution in [0.25, 0.3) is 0 Å². The average Bonchev–Trinajstić information content (AvgIpc) is 1.30. The van der Waals surface area contributed by atoms with E-state index in [1.165, 1.54) is 0 Å². The van der Waals surface area contributed by atoms with Crippen LogP contribution in [0, 0.1) is 0 Å². The Kier molecular flexibility index (Phi) is 3.40. The smallest absolute Gasteiger partial charge is 0.244 e. The molecular weight excluding hydrogens is 155 g/mol. The van der Waals surface area contributed by atoms with Crippen LogP contribution in [0.2, 0.25) is 0 Å². The summed E-state index contributed by atoms with van der Waals surface area (Å²) in [5.74, 6) is -0.329. The van der Waals surface area contributed by atoms with Gasteiger partial charge >= 0.3 is 0 Å². The molecule has 0 aromatic heterocycles. The molecule has 0 aliphatic rings. The summed E-state index contributed by atoms with van der Waals surface area (Å²) in [5, 5.41) is 8.01. The van der Waals surface area contributed by atoms with Crippen molar-refractivity contribution in [3.05, 3.63) is 0 Å². The molecule has 0 aliphatic carbocycles. The molecule has 7 heavy (non-hydrogen) atoms. The third kappa shape index (κ3) is 6.88. The number of hydrogen-bond acceptors (Lipinski definition) is 3. The predicted molar refractivity (Wildman–Crippen MR) is 33.4 cm³/mol. The predicted octanol–water partition coefficient (Wildman–Crippen LogP) is -0.122. The Balaban J connectivity index is 3.36. The summed E-state index contributed by atoms with van der Waals surface area (Å²) in [5.41, 5.74) is -3.17. The first-order valence-corrected chi connectivity index (χ1v) is 5.67. The molecule has 0 unspecified atom stereocenters. The van der Waals surface area contributed by atoms with E-state index < -0.39 is 5.69 Å². The van der Waals surface area contributed by atoms with E-state index >= 15 is 0 Å². The lowest BCUT2D eigenvalue weighted by Gasteiger charge is -2.00. The zero-order valence-electron chi connectivity index (χ0n) is 3.31. The molecule has 0 bridgehead atoms. The molecule has 0 heterocycles. The van der Waals surface area contributed by atoms with Gasteiger partial charge in [-0.25, -0.2) is 0 Å². The van der Waals surface area contributed by atoms with Crippen molar-refractivity contribution in [1.29, 1.82) is 0 Å². The highest BCUT2D eigenvalue weighted by atomic mass is 32.9. The molecule has 44 valence electrons. The Bertz CT molecular complexity index is 86.9. The summed E-state index contributed by atoms with van der Waals surface area (Å²) in [4.78, 5) is 16.6. The van der Waals surface area contributed by atoms with Crippen LogP contribution in [0.3, 0.4) is 0 Å². The van der Waals surface area contributed by atoms with Gasteiger partial charge in [0.1, 0.15) is 0 Å². The molecule has 0 aromatic carbocycles. The standard InChI is InChI=1S/CH5O3PS2/c2-1-7-5(3,4)6/h2H,1H2,(H2,3,4,6). The van der Waals surface area contributed by atoms with Crippen molar-refractivity contribution >= 4 is 28.9 Å². The van der Waals surface area contributed by atoms with Gasteiger partial charge in [0.15, 0.2) is 0 Å². The first-order chi connectivity index (χ1) is 3.06. The van der Waals surface area contributed by atoms with E-state index in [0.29, 0.717) is 11.4 Å². The molecule has 0 aromatic rings. The van der Waals surface area contributed by atoms with Gasteiger partial charge < -0.3 is 14.9 Å². The molecule has 3 nitrogen and oxygen atoms in total. The lowest BCUT2D eigenvalue weighted by atomic mass is 11.7. The van der Waals surface area contributed by atoms with Crippen LogP contribution in [0.15, 0.2) is 0 Å². The fraction of sp³-hybridized carbons (Fsp3) is 1.00. The molecule has 6 heteroatoms. The second-order valence-electron chi connectivity index (χ2n) is 0.749. The summed E-state index contributed by atoms with van der Waals surface area (Å²) in [6, 6.07) is 0. The topological polar surface area (TPSA) is 60.7 Å². The van der Waals surface area contributed by atoms with E-state index in [0.717, 1.165) is 0 Å². The Hall–Kier alpha value is 0.880. The van der Waals surface area contributed by atoms with Crippen molar-refractivity contribution in [2.24, 2.45) is 0 Å². The number of aliphatic hydroxyl groups excluding tert-OH is 1. The van der Waals surface area contributed by atoms with Gasteiger partial charge in [0.25, 0.3) is 0 Å². The second kappa shape index (κ2) is 3.02. The fourth-order valence-electron chi connectivity index (χ4n) is 0.0752. The van der Waals surface area contributed by atoms with E-state index in [-0.39, 0.29) is 5.94 Å².